The Morgan fingerprint density at radius 2 is 1.85 bits per heavy atom. The predicted molar refractivity (Wildman–Crippen MR) is 71.9 cm³/mol. The molecule has 1 aliphatic rings. The molecule has 20 heavy (non-hydrogen) atoms. The summed E-state index contributed by atoms with van der Waals surface area (Å²) in [6.45, 7) is 1.81. The summed E-state index contributed by atoms with van der Waals surface area (Å²) in [6, 6.07) is 7.47. The number of hydrogen-bond donors (Lipinski definition) is 1. The standard InChI is InChI=1S/C15H20F3NO/c1-11(19-14(9-10-14)15(16,17)18)3-4-12-5-7-13(20-2)8-6-12/h5-8,11,19H,3-4,9-10H2,1-2H3. The largest absolute Gasteiger partial charge is 0.497 e. The Hall–Kier alpha value is -1.23. The fourth-order valence-corrected chi connectivity index (χ4v) is 2.35. The number of hydrogen-bond acceptors (Lipinski definition) is 2. The Labute approximate surface area is 117 Å². The number of aryl methyl sites for hydroxylation is 1. The van der Waals surface area contributed by atoms with E-state index in [1.807, 2.05) is 31.2 Å². The maximum Gasteiger partial charge on any atom is 0.406 e. The second kappa shape index (κ2) is 5.64. The summed E-state index contributed by atoms with van der Waals surface area (Å²) in [6.07, 6.45) is -2.30. The van der Waals surface area contributed by atoms with Crippen LogP contribution < -0.4 is 10.1 Å². The van der Waals surface area contributed by atoms with Crippen molar-refractivity contribution in [3.8, 4) is 5.75 Å². The fraction of sp³-hybridized carbons (Fsp3) is 0.600. The van der Waals surface area contributed by atoms with Gasteiger partial charge in [0.1, 0.15) is 11.3 Å². The van der Waals surface area contributed by atoms with Gasteiger partial charge in [0.05, 0.1) is 7.11 Å². The molecule has 0 amide bonds. The number of alkyl halides is 3. The normalized spacial score (nSPS) is 18.6. The molecule has 5 heteroatoms. The highest BCUT2D eigenvalue weighted by molar-refractivity contribution is 5.27. The van der Waals surface area contributed by atoms with Gasteiger partial charge >= 0.3 is 6.18 Å². The third-order valence-electron chi connectivity index (χ3n) is 3.84. The van der Waals surface area contributed by atoms with Crippen LogP contribution in [0, 0.1) is 0 Å². The Morgan fingerprint density at radius 1 is 1.25 bits per heavy atom. The van der Waals surface area contributed by atoms with E-state index in [0.29, 0.717) is 6.42 Å². The summed E-state index contributed by atoms with van der Waals surface area (Å²) >= 11 is 0. The predicted octanol–water partition coefficient (Wildman–Crippen LogP) is 3.70. The molecule has 0 bridgehead atoms. The van der Waals surface area contributed by atoms with Crippen molar-refractivity contribution in [1.29, 1.82) is 0 Å². The lowest BCUT2D eigenvalue weighted by Crippen LogP contribution is -2.48. The minimum absolute atomic E-state index is 0.152. The van der Waals surface area contributed by atoms with Crippen LogP contribution in [-0.4, -0.2) is 24.9 Å². The Kier molecular flexibility index (Phi) is 4.28. The number of rotatable bonds is 6. The molecule has 1 fully saturated rings. The van der Waals surface area contributed by atoms with Gasteiger partial charge in [-0.3, -0.25) is 0 Å². The number of benzene rings is 1. The number of halogens is 3. The van der Waals surface area contributed by atoms with Crippen LogP contribution in [0.1, 0.15) is 31.7 Å². The Balaban J connectivity index is 1.82. The van der Waals surface area contributed by atoms with Crippen LogP contribution in [0.4, 0.5) is 13.2 Å². The lowest BCUT2D eigenvalue weighted by Gasteiger charge is -2.25. The van der Waals surface area contributed by atoms with Crippen LogP contribution >= 0.6 is 0 Å². The topological polar surface area (TPSA) is 21.3 Å². The monoisotopic (exact) mass is 287 g/mol. The van der Waals surface area contributed by atoms with E-state index in [1.54, 1.807) is 7.11 Å². The molecular weight excluding hydrogens is 267 g/mol. The average molecular weight is 287 g/mol. The highest BCUT2D eigenvalue weighted by atomic mass is 19.4. The smallest absolute Gasteiger partial charge is 0.406 e. The van der Waals surface area contributed by atoms with Gasteiger partial charge in [0.15, 0.2) is 0 Å². The number of nitrogens with one attached hydrogen (secondary N) is 1. The second-order valence-electron chi connectivity index (χ2n) is 5.51. The first-order valence-corrected chi connectivity index (χ1v) is 6.84. The van der Waals surface area contributed by atoms with Gasteiger partial charge in [-0.25, -0.2) is 0 Å². The van der Waals surface area contributed by atoms with Crippen molar-refractivity contribution in [2.75, 3.05) is 7.11 Å². The van der Waals surface area contributed by atoms with E-state index in [1.165, 1.54) is 0 Å². The quantitative estimate of drug-likeness (QED) is 0.861. The van der Waals surface area contributed by atoms with E-state index in [9.17, 15) is 13.2 Å². The molecule has 1 unspecified atom stereocenters. The van der Waals surface area contributed by atoms with Gasteiger partial charge < -0.3 is 10.1 Å². The molecule has 1 N–H and O–H groups in total. The zero-order chi connectivity index (χ0) is 14.8. The summed E-state index contributed by atoms with van der Waals surface area (Å²) in [5, 5.41) is 2.75. The minimum atomic E-state index is -4.14. The molecule has 0 saturated heterocycles. The molecule has 1 aromatic rings. The van der Waals surface area contributed by atoms with Crippen molar-refractivity contribution in [2.45, 2.75) is 50.4 Å². The van der Waals surface area contributed by atoms with E-state index in [-0.39, 0.29) is 18.9 Å². The minimum Gasteiger partial charge on any atom is -0.497 e. The van der Waals surface area contributed by atoms with Gasteiger partial charge in [0, 0.05) is 6.04 Å². The van der Waals surface area contributed by atoms with Gasteiger partial charge in [0.25, 0.3) is 0 Å². The van der Waals surface area contributed by atoms with Crippen LogP contribution in [0.5, 0.6) is 5.75 Å². The van der Waals surface area contributed by atoms with Crippen molar-refractivity contribution in [2.24, 2.45) is 0 Å². The van der Waals surface area contributed by atoms with Gasteiger partial charge in [-0.2, -0.15) is 13.2 Å². The van der Waals surface area contributed by atoms with Crippen LogP contribution in [0.25, 0.3) is 0 Å². The molecule has 1 saturated carbocycles. The highest BCUT2D eigenvalue weighted by Gasteiger charge is 2.63. The second-order valence-corrected chi connectivity index (χ2v) is 5.51. The van der Waals surface area contributed by atoms with Crippen molar-refractivity contribution >= 4 is 0 Å². The van der Waals surface area contributed by atoms with E-state index >= 15 is 0 Å². The summed E-state index contributed by atoms with van der Waals surface area (Å²) in [5.41, 5.74) is -0.511. The van der Waals surface area contributed by atoms with Crippen molar-refractivity contribution in [3.05, 3.63) is 29.8 Å². The average Bonchev–Trinajstić information content (AvgIpc) is 3.17. The van der Waals surface area contributed by atoms with E-state index in [0.717, 1.165) is 17.7 Å². The van der Waals surface area contributed by atoms with Crippen molar-refractivity contribution in [1.82, 2.24) is 5.32 Å². The van der Waals surface area contributed by atoms with E-state index in [4.69, 9.17) is 4.74 Å². The zero-order valence-electron chi connectivity index (χ0n) is 11.8. The summed E-state index contributed by atoms with van der Waals surface area (Å²) in [4.78, 5) is 0. The number of ether oxygens (including phenoxy) is 1. The molecule has 0 aliphatic heterocycles. The first-order chi connectivity index (χ1) is 9.36. The SMILES string of the molecule is COc1ccc(CCC(C)NC2(C(F)(F)F)CC2)cc1. The summed E-state index contributed by atoms with van der Waals surface area (Å²) in [7, 11) is 1.60. The number of methoxy groups -OCH3 is 1. The molecule has 0 spiro atoms. The lowest BCUT2D eigenvalue weighted by molar-refractivity contribution is -0.167. The van der Waals surface area contributed by atoms with E-state index < -0.39 is 11.7 Å². The molecular formula is C15H20F3NO. The van der Waals surface area contributed by atoms with Gasteiger partial charge in [0.2, 0.25) is 0 Å². The van der Waals surface area contributed by atoms with Crippen LogP contribution in [0.15, 0.2) is 24.3 Å². The third-order valence-corrected chi connectivity index (χ3v) is 3.84. The Morgan fingerprint density at radius 3 is 2.30 bits per heavy atom. The molecule has 0 aromatic heterocycles. The zero-order valence-corrected chi connectivity index (χ0v) is 11.8. The van der Waals surface area contributed by atoms with Crippen LogP contribution in [0.3, 0.4) is 0 Å². The highest BCUT2D eigenvalue weighted by Crippen LogP contribution is 2.49. The van der Waals surface area contributed by atoms with Gasteiger partial charge in [-0.05, 0) is 50.3 Å². The van der Waals surface area contributed by atoms with Gasteiger partial charge in [-0.15, -0.1) is 0 Å². The first kappa shape index (κ1) is 15.2. The molecule has 0 heterocycles. The Bertz CT molecular complexity index is 437. The maximum absolute atomic E-state index is 12.8. The molecule has 0 radical (unpaired) electrons. The van der Waals surface area contributed by atoms with Crippen molar-refractivity contribution < 1.29 is 17.9 Å². The molecule has 2 rings (SSSR count). The van der Waals surface area contributed by atoms with Crippen molar-refractivity contribution in [3.63, 3.8) is 0 Å². The fourth-order valence-electron chi connectivity index (χ4n) is 2.35. The lowest BCUT2D eigenvalue weighted by atomic mass is 10.0. The van der Waals surface area contributed by atoms with Crippen LogP contribution in [-0.2, 0) is 6.42 Å². The van der Waals surface area contributed by atoms with Gasteiger partial charge in [-0.1, -0.05) is 12.1 Å². The molecule has 2 nitrogen and oxygen atoms in total. The molecule has 112 valence electrons. The van der Waals surface area contributed by atoms with Crippen LogP contribution in [0.2, 0.25) is 0 Å². The first-order valence-electron chi connectivity index (χ1n) is 6.84. The van der Waals surface area contributed by atoms with E-state index in [2.05, 4.69) is 5.32 Å². The molecule has 1 aromatic carbocycles. The summed E-state index contributed by atoms with van der Waals surface area (Å²) < 4.78 is 43.5. The molecule has 1 aliphatic carbocycles. The molecule has 1 atom stereocenters. The maximum atomic E-state index is 12.8. The third kappa shape index (κ3) is 3.45. The summed E-state index contributed by atoms with van der Waals surface area (Å²) in [5.74, 6) is 0.786.